The second-order valence-corrected chi connectivity index (χ2v) is 6.11. The number of likely N-dealkylation sites (tertiary alicyclic amines) is 1. The van der Waals surface area contributed by atoms with Gasteiger partial charge >= 0.3 is 6.18 Å². The molecule has 0 aliphatic carbocycles. The first-order chi connectivity index (χ1) is 9.27. The quantitative estimate of drug-likeness (QED) is 0.803. The Bertz CT molecular complexity index is 476. The Hall–Kier alpha value is -0.750. The zero-order valence-electron chi connectivity index (χ0n) is 11.4. The second kappa shape index (κ2) is 5.93. The lowest BCUT2D eigenvalue weighted by molar-refractivity contribution is -0.137. The molecule has 1 aliphatic heterocycles. The first-order valence-corrected chi connectivity index (χ1v) is 7.34. The van der Waals surface area contributed by atoms with Crippen LogP contribution in [0.5, 0.6) is 5.75 Å². The van der Waals surface area contributed by atoms with Crippen LogP contribution in [-0.2, 0) is 6.18 Å². The minimum absolute atomic E-state index is 0.0328. The number of hydrogen-bond acceptors (Lipinski definition) is 2. The number of benzene rings is 1. The monoisotopic (exact) mass is 351 g/mol. The maximum atomic E-state index is 12.6. The highest BCUT2D eigenvalue weighted by atomic mass is 79.9. The topological polar surface area (TPSA) is 12.5 Å². The van der Waals surface area contributed by atoms with Crippen LogP contribution in [0, 0.1) is 0 Å². The summed E-state index contributed by atoms with van der Waals surface area (Å²) in [6, 6.07) is 3.95. The zero-order valence-corrected chi connectivity index (χ0v) is 13.0. The van der Waals surface area contributed by atoms with E-state index in [1.807, 2.05) is 0 Å². The van der Waals surface area contributed by atoms with Gasteiger partial charge in [0.15, 0.2) is 0 Å². The van der Waals surface area contributed by atoms with Crippen molar-refractivity contribution >= 4 is 15.9 Å². The van der Waals surface area contributed by atoms with Gasteiger partial charge in [0.05, 0.1) is 10.0 Å². The van der Waals surface area contributed by atoms with Crippen LogP contribution in [0.2, 0.25) is 0 Å². The Morgan fingerprint density at radius 2 is 2.05 bits per heavy atom. The van der Waals surface area contributed by atoms with Crippen LogP contribution >= 0.6 is 15.9 Å². The van der Waals surface area contributed by atoms with Crippen molar-refractivity contribution in [1.29, 1.82) is 0 Å². The third kappa shape index (κ3) is 3.67. The predicted molar refractivity (Wildman–Crippen MR) is 74.9 cm³/mol. The summed E-state index contributed by atoms with van der Waals surface area (Å²) >= 11 is 3.15. The van der Waals surface area contributed by atoms with Gasteiger partial charge in [-0.25, -0.2) is 0 Å². The van der Waals surface area contributed by atoms with Gasteiger partial charge in [-0.3, -0.25) is 4.90 Å². The lowest BCUT2D eigenvalue weighted by Crippen LogP contribution is -2.30. The minimum atomic E-state index is -4.33. The summed E-state index contributed by atoms with van der Waals surface area (Å²) in [6.45, 7) is 6.01. The highest BCUT2D eigenvalue weighted by molar-refractivity contribution is 9.10. The van der Waals surface area contributed by atoms with Crippen molar-refractivity contribution in [1.82, 2.24) is 4.90 Å². The van der Waals surface area contributed by atoms with E-state index in [0.717, 1.165) is 31.6 Å². The SMILES string of the molecule is CC(C)N1CCC(Oc2ccc(C(F)(F)F)cc2Br)C1. The molecule has 1 aliphatic rings. The Kier molecular flexibility index (Phi) is 4.64. The molecule has 0 radical (unpaired) electrons. The first-order valence-electron chi connectivity index (χ1n) is 6.55. The molecule has 0 aromatic heterocycles. The van der Waals surface area contributed by atoms with Crippen molar-refractivity contribution < 1.29 is 17.9 Å². The fraction of sp³-hybridized carbons (Fsp3) is 0.571. The number of alkyl halides is 3. The molecule has 0 bridgehead atoms. The van der Waals surface area contributed by atoms with Crippen LogP contribution < -0.4 is 4.74 Å². The average molecular weight is 352 g/mol. The molecule has 0 saturated carbocycles. The smallest absolute Gasteiger partial charge is 0.416 e. The molecular formula is C14H17BrF3NO. The Morgan fingerprint density at radius 1 is 1.35 bits per heavy atom. The van der Waals surface area contributed by atoms with E-state index in [4.69, 9.17) is 4.74 Å². The minimum Gasteiger partial charge on any atom is -0.488 e. The molecule has 1 saturated heterocycles. The summed E-state index contributed by atoms with van der Waals surface area (Å²) < 4.78 is 43.9. The van der Waals surface area contributed by atoms with Crippen LogP contribution in [-0.4, -0.2) is 30.1 Å². The summed E-state index contributed by atoms with van der Waals surface area (Å²) in [4.78, 5) is 2.29. The number of ether oxygens (including phenoxy) is 1. The molecule has 6 heteroatoms. The standard InChI is InChI=1S/C14H17BrF3NO/c1-9(2)19-6-5-11(8-19)20-13-4-3-10(7-12(13)15)14(16,17)18/h3-4,7,9,11H,5-6,8H2,1-2H3. The maximum Gasteiger partial charge on any atom is 0.416 e. The molecule has 20 heavy (non-hydrogen) atoms. The zero-order chi connectivity index (χ0) is 14.9. The molecule has 112 valence electrons. The lowest BCUT2D eigenvalue weighted by atomic mass is 10.2. The van der Waals surface area contributed by atoms with Gasteiger partial charge < -0.3 is 4.74 Å². The molecule has 1 atom stereocenters. The van der Waals surface area contributed by atoms with Crippen LogP contribution in [0.1, 0.15) is 25.8 Å². The van der Waals surface area contributed by atoms with Crippen molar-refractivity contribution in [3.8, 4) is 5.75 Å². The third-order valence-corrected chi connectivity index (χ3v) is 4.08. The highest BCUT2D eigenvalue weighted by Gasteiger charge is 2.31. The predicted octanol–water partition coefficient (Wildman–Crippen LogP) is 4.33. The van der Waals surface area contributed by atoms with Gasteiger partial charge in [0.25, 0.3) is 0 Å². The van der Waals surface area contributed by atoms with Gasteiger partial charge in [0.1, 0.15) is 11.9 Å². The van der Waals surface area contributed by atoms with E-state index in [9.17, 15) is 13.2 Å². The molecule has 1 unspecified atom stereocenters. The van der Waals surface area contributed by atoms with Crippen molar-refractivity contribution in [2.45, 2.75) is 38.6 Å². The normalized spacial score (nSPS) is 20.6. The fourth-order valence-electron chi connectivity index (χ4n) is 2.27. The molecule has 0 amide bonds. The van der Waals surface area contributed by atoms with Crippen molar-refractivity contribution in [3.05, 3.63) is 28.2 Å². The van der Waals surface area contributed by atoms with Crippen molar-refractivity contribution in [2.75, 3.05) is 13.1 Å². The summed E-state index contributed by atoms with van der Waals surface area (Å²) in [7, 11) is 0. The number of halogens is 4. The number of hydrogen-bond donors (Lipinski definition) is 0. The van der Waals surface area contributed by atoms with Crippen LogP contribution in [0.25, 0.3) is 0 Å². The van der Waals surface area contributed by atoms with E-state index in [1.54, 1.807) is 0 Å². The second-order valence-electron chi connectivity index (χ2n) is 5.26. The van der Waals surface area contributed by atoms with E-state index >= 15 is 0 Å². The molecule has 2 nitrogen and oxygen atoms in total. The van der Waals surface area contributed by atoms with E-state index in [1.165, 1.54) is 6.07 Å². The molecule has 1 aromatic rings. The van der Waals surface area contributed by atoms with Gasteiger partial charge in [-0.15, -0.1) is 0 Å². The lowest BCUT2D eigenvalue weighted by Gasteiger charge is -2.21. The number of nitrogens with zero attached hydrogens (tertiary/aromatic N) is 1. The van der Waals surface area contributed by atoms with Gasteiger partial charge in [-0.05, 0) is 54.4 Å². The Morgan fingerprint density at radius 3 is 2.55 bits per heavy atom. The molecule has 1 aromatic carbocycles. The van der Waals surface area contributed by atoms with Gasteiger partial charge in [-0.2, -0.15) is 13.2 Å². The van der Waals surface area contributed by atoms with Gasteiger partial charge in [-0.1, -0.05) is 0 Å². The maximum absolute atomic E-state index is 12.6. The molecule has 1 fully saturated rings. The molecule has 1 heterocycles. The van der Waals surface area contributed by atoms with Crippen LogP contribution in [0.15, 0.2) is 22.7 Å². The highest BCUT2D eigenvalue weighted by Crippen LogP contribution is 2.35. The summed E-state index contributed by atoms with van der Waals surface area (Å²) in [5.74, 6) is 0.466. The molecule has 0 N–H and O–H groups in total. The van der Waals surface area contributed by atoms with Gasteiger partial charge in [0, 0.05) is 19.1 Å². The van der Waals surface area contributed by atoms with Gasteiger partial charge in [0.2, 0.25) is 0 Å². The molecule has 0 spiro atoms. The van der Waals surface area contributed by atoms with E-state index in [-0.39, 0.29) is 6.10 Å². The largest absolute Gasteiger partial charge is 0.488 e. The molecule has 2 rings (SSSR count). The average Bonchev–Trinajstić information content (AvgIpc) is 2.79. The summed E-state index contributed by atoms with van der Waals surface area (Å²) in [6.07, 6.45) is -3.40. The molecular weight excluding hydrogens is 335 g/mol. The van der Waals surface area contributed by atoms with Crippen molar-refractivity contribution in [3.63, 3.8) is 0 Å². The van der Waals surface area contributed by atoms with E-state index in [2.05, 4.69) is 34.7 Å². The fourth-order valence-corrected chi connectivity index (χ4v) is 2.74. The summed E-state index contributed by atoms with van der Waals surface area (Å²) in [5, 5.41) is 0. The van der Waals surface area contributed by atoms with Crippen LogP contribution in [0.3, 0.4) is 0 Å². The number of rotatable bonds is 3. The van der Waals surface area contributed by atoms with Crippen molar-refractivity contribution in [2.24, 2.45) is 0 Å². The first kappa shape index (κ1) is 15.6. The van der Waals surface area contributed by atoms with E-state index < -0.39 is 11.7 Å². The van der Waals surface area contributed by atoms with E-state index in [0.29, 0.717) is 16.3 Å². The summed E-state index contributed by atoms with van der Waals surface area (Å²) in [5.41, 5.74) is -0.674. The van der Waals surface area contributed by atoms with Crippen LogP contribution in [0.4, 0.5) is 13.2 Å². The Balaban J connectivity index is 2.04. The third-order valence-electron chi connectivity index (χ3n) is 3.46. The Labute approximate surface area is 125 Å².